The zero-order valence-electron chi connectivity index (χ0n) is 16.0. The first-order chi connectivity index (χ1) is 13.3. The molecule has 0 atom stereocenters. The van der Waals surface area contributed by atoms with Gasteiger partial charge in [-0.05, 0) is 57.2 Å². The Morgan fingerprint density at radius 2 is 1.70 bits per heavy atom. The van der Waals surface area contributed by atoms with Gasteiger partial charge in [-0.1, -0.05) is 6.42 Å². The molecule has 4 heterocycles. The number of pyridine rings is 1. The SMILES string of the molecule is O=C(CCC1CCN(c2ccnc3nccnc23)CC1)CN1CCCCC1. The summed E-state index contributed by atoms with van der Waals surface area (Å²) in [5.41, 5.74) is 2.73. The molecule has 0 spiro atoms. The third-order valence-corrected chi connectivity index (χ3v) is 5.99. The number of hydrogen-bond donors (Lipinski definition) is 0. The molecule has 2 fully saturated rings. The van der Waals surface area contributed by atoms with E-state index in [9.17, 15) is 4.79 Å². The highest BCUT2D eigenvalue weighted by atomic mass is 16.1. The normalized spacial score (nSPS) is 19.5. The molecule has 0 bridgehead atoms. The number of anilines is 1. The highest BCUT2D eigenvalue weighted by Gasteiger charge is 2.22. The number of fused-ring (bicyclic) bond motifs is 1. The second kappa shape index (κ2) is 8.74. The summed E-state index contributed by atoms with van der Waals surface area (Å²) in [4.78, 5) is 30.1. The van der Waals surface area contributed by atoms with Crippen molar-refractivity contribution in [1.29, 1.82) is 0 Å². The third-order valence-electron chi connectivity index (χ3n) is 5.99. The number of Topliss-reactive ketones (excluding diaryl/α,β-unsaturated/α-hetero) is 1. The van der Waals surface area contributed by atoms with Crippen LogP contribution in [0.4, 0.5) is 5.69 Å². The van der Waals surface area contributed by atoms with Crippen molar-refractivity contribution < 1.29 is 4.79 Å². The molecule has 2 aliphatic heterocycles. The topological polar surface area (TPSA) is 62.2 Å². The summed E-state index contributed by atoms with van der Waals surface area (Å²) in [6.07, 6.45) is 13.1. The summed E-state index contributed by atoms with van der Waals surface area (Å²) >= 11 is 0. The molecule has 2 aromatic rings. The Morgan fingerprint density at radius 3 is 2.52 bits per heavy atom. The van der Waals surface area contributed by atoms with Crippen molar-refractivity contribution in [3.05, 3.63) is 24.7 Å². The second-order valence-corrected chi connectivity index (χ2v) is 7.90. The lowest BCUT2D eigenvalue weighted by molar-refractivity contribution is -0.120. The highest BCUT2D eigenvalue weighted by Crippen LogP contribution is 2.29. The summed E-state index contributed by atoms with van der Waals surface area (Å²) in [7, 11) is 0. The minimum atomic E-state index is 0.426. The monoisotopic (exact) mass is 367 g/mol. The van der Waals surface area contributed by atoms with Crippen LogP contribution in [-0.4, -0.2) is 58.4 Å². The number of hydrogen-bond acceptors (Lipinski definition) is 6. The van der Waals surface area contributed by atoms with E-state index in [1.54, 1.807) is 12.4 Å². The lowest BCUT2D eigenvalue weighted by Crippen LogP contribution is -2.35. The average molecular weight is 367 g/mol. The average Bonchev–Trinajstić information content (AvgIpc) is 2.73. The lowest BCUT2D eigenvalue weighted by atomic mass is 9.91. The maximum Gasteiger partial charge on any atom is 0.180 e. The fourth-order valence-corrected chi connectivity index (χ4v) is 4.39. The van der Waals surface area contributed by atoms with Crippen molar-refractivity contribution in [3.63, 3.8) is 0 Å². The van der Waals surface area contributed by atoms with Gasteiger partial charge in [-0.2, -0.15) is 0 Å². The van der Waals surface area contributed by atoms with Crippen molar-refractivity contribution in [3.8, 4) is 0 Å². The van der Waals surface area contributed by atoms with Gasteiger partial charge in [0.05, 0.1) is 12.2 Å². The number of ketones is 1. The summed E-state index contributed by atoms with van der Waals surface area (Å²) in [6, 6.07) is 2.04. The van der Waals surface area contributed by atoms with Crippen LogP contribution in [0.25, 0.3) is 11.2 Å². The molecule has 0 N–H and O–H groups in total. The van der Waals surface area contributed by atoms with Gasteiger partial charge in [-0.15, -0.1) is 0 Å². The molecule has 27 heavy (non-hydrogen) atoms. The van der Waals surface area contributed by atoms with E-state index < -0.39 is 0 Å². The summed E-state index contributed by atoms with van der Waals surface area (Å²) < 4.78 is 0. The Labute approximate surface area is 161 Å². The van der Waals surface area contributed by atoms with Gasteiger partial charge in [0, 0.05) is 38.1 Å². The van der Waals surface area contributed by atoms with E-state index in [-0.39, 0.29) is 0 Å². The van der Waals surface area contributed by atoms with Crippen LogP contribution >= 0.6 is 0 Å². The van der Waals surface area contributed by atoms with Crippen LogP contribution in [0.15, 0.2) is 24.7 Å². The number of nitrogens with zero attached hydrogens (tertiary/aromatic N) is 5. The van der Waals surface area contributed by atoms with Gasteiger partial charge < -0.3 is 4.90 Å². The molecular weight excluding hydrogens is 338 g/mol. The summed E-state index contributed by atoms with van der Waals surface area (Å²) in [5, 5.41) is 0. The van der Waals surface area contributed by atoms with Gasteiger partial charge in [0.25, 0.3) is 0 Å². The molecule has 4 rings (SSSR count). The van der Waals surface area contributed by atoms with E-state index in [1.165, 1.54) is 19.3 Å². The molecule has 0 saturated carbocycles. The second-order valence-electron chi connectivity index (χ2n) is 7.90. The molecule has 2 aromatic heterocycles. The van der Waals surface area contributed by atoms with Crippen LogP contribution in [0, 0.1) is 5.92 Å². The van der Waals surface area contributed by atoms with Gasteiger partial charge in [-0.25, -0.2) is 15.0 Å². The fraction of sp³-hybridized carbons (Fsp3) is 0.619. The standard InChI is InChI=1S/C21H29N5O/c27-18(16-25-12-2-1-3-13-25)5-4-17-7-14-26(15-8-17)19-6-9-23-21-20(19)22-10-11-24-21/h6,9-11,17H,1-5,7-8,12-16H2. The number of carbonyl (C=O) groups excluding carboxylic acids is 1. The quantitative estimate of drug-likeness (QED) is 0.782. The van der Waals surface area contributed by atoms with Gasteiger partial charge in [0.15, 0.2) is 5.65 Å². The van der Waals surface area contributed by atoms with Crippen LogP contribution in [0.2, 0.25) is 0 Å². The molecule has 0 aliphatic carbocycles. The maximum atomic E-state index is 12.3. The third kappa shape index (κ3) is 4.61. The number of rotatable bonds is 6. The Hall–Kier alpha value is -2.08. The van der Waals surface area contributed by atoms with Crippen molar-refractivity contribution in [2.24, 2.45) is 5.92 Å². The Bertz CT molecular complexity index is 761. The highest BCUT2D eigenvalue weighted by molar-refractivity contribution is 5.85. The van der Waals surface area contributed by atoms with Gasteiger partial charge >= 0.3 is 0 Å². The lowest BCUT2D eigenvalue weighted by Gasteiger charge is -2.34. The van der Waals surface area contributed by atoms with Gasteiger partial charge in [0.1, 0.15) is 11.3 Å². The molecule has 0 aromatic carbocycles. The minimum absolute atomic E-state index is 0.426. The molecule has 144 valence electrons. The van der Waals surface area contributed by atoms with E-state index in [0.29, 0.717) is 23.9 Å². The molecule has 2 saturated heterocycles. The zero-order valence-corrected chi connectivity index (χ0v) is 16.0. The largest absolute Gasteiger partial charge is 0.370 e. The van der Waals surface area contributed by atoms with E-state index in [0.717, 1.165) is 63.1 Å². The number of likely N-dealkylation sites (tertiary alicyclic amines) is 1. The van der Waals surface area contributed by atoms with Gasteiger partial charge in [-0.3, -0.25) is 9.69 Å². The molecule has 0 radical (unpaired) electrons. The Morgan fingerprint density at radius 1 is 0.963 bits per heavy atom. The van der Waals surface area contributed by atoms with E-state index in [1.807, 2.05) is 12.3 Å². The van der Waals surface area contributed by atoms with Crippen molar-refractivity contribution in [1.82, 2.24) is 19.9 Å². The molecule has 2 aliphatic rings. The predicted molar refractivity (Wildman–Crippen MR) is 107 cm³/mol. The summed E-state index contributed by atoms with van der Waals surface area (Å²) in [5.74, 6) is 1.08. The van der Waals surface area contributed by atoms with Crippen molar-refractivity contribution >= 4 is 22.6 Å². The maximum absolute atomic E-state index is 12.3. The molecule has 0 unspecified atom stereocenters. The molecule has 6 heteroatoms. The first kappa shape index (κ1) is 18.3. The van der Waals surface area contributed by atoms with Crippen LogP contribution in [0.3, 0.4) is 0 Å². The van der Waals surface area contributed by atoms with Crippen molar-refractivity contribution in [2.45, 2.75) is 44.9 Å². The number of carbonyl (C=O) groups is 1. The fourth-order valence-electron chi connectivity index (χ4n) is 4.39. The molecule has 0 amide bonds. The zero-order chi connectivity index (χ0) is 18.5. The smallest absolute Gasteiger partial charge is 0.180 e. The molecular formula is C21H29N5O. The van der Waals surface area contributed by atoms with Crippen LogP contribution < -0.4 is 4.90 Å². The van der Waals surface area contributed by atoms with Crippen LogP contribution in [0.1, 0.15) is 44.9 Å². The van der Waals surface area contributed by atoms with Gasteiger partial charge in [0.2, 0.25) is 0 Å². The van der Waals surface area contributed by atoms with E-state index in [4.69, 9.17) is 0 Å². The number of aromatic nitrogens is 3. The minimum Gasteiger partial charge on any atom is -0.370 e. The van der Waals surface area contributed by atoms with Crippen LogP contribution in [-0.2, 0) is 4.79 Å². The Balaban J connectivity index is 1.26. The Kier molecular flexibility index (Phi) is 5.92. The van der Waals surface area contributed by atoms with E-state index in [2.05, 4.69) is 24.8 Å². The first-order valence-corrected chi connectivity index (χ1v) is 10.3. The molecule has 6 nitrogen and oxygen atoms in total. The van der Waals surface area contributed by atoms with Crippen LogP contribution in [0.5, 0.6) is 0 Å². The number of piperidine rings is 2. The first-order valence-electron chi connectivity index (χ1n) is 10.3. The van der Waals surface area contributed by atoms with Crippen molar-refractivity contribution in [2.75, 3.05) is 37.6 Å². The summed E-state index contributed by atoms with van der Waals surface area (Å²) in [6.45, 7) is 4.90. The predicted octanol–water partition coefficient (Wildman–Crippen LogP) is 3.08. The van der Waals surface area contributed by atoms with E-state index >= 15 is 0 Å².